The molecule has 1 atom stereocenters. The molecule has 1 N–H and O–H groups in total. The van der Waals surface area contributed by atoms with Crippen molar-refractivity contribution in [3.8, 4) is 5.75 Å². The number of carboxylic acid groups (broad SMARTS) is 1. The average Bonchev–Trinajstić information content (AvgIpc) is 3.45. The van der Waals surface area contributed by atoms with Crippen molar-refractivity contribution in [3.05, 3.63) is 29.1 Å². The highest BCUT2D eigenvalue weighted by Gasteiger charge is 2.51. The summed E-state index contributed by atoms with van der Waals surface area (Å²) in [5.74, 6) is 1.07. The number of amides is 1. The van der Waals surface area contributed by atoms with E-state index >= 15 is 4.39 Å². The summed E-state index contributed by atoms with van der Waals surface area (Å²) in [6.07, 6.45) is 10.4. The van der Waals surface area contributed by atoms with Gasteiger partial charge in [-0.1, -0.05) is 0 Å². The molecule has 6 fully saturated rings. The van der Waals surface area contributed by atoms with E-state index in [0.717, 1.165) is 36.2 Å². The summed E-state index contributed by atoms with van der Waals surface area (Å²) in [6.45, 7) is 1.17. The fourth-order valence-corrected chi connectivity index (χ4v) is 7.59. The molecule has 5 aliphatic carbocycles. The highest BCUT2D eigenvalue weighted by molar-refractivity contribution is 5.95. The van der Waals surface area contributed by atoms with Gasteiger partial charge in [0.05, 0.1) is 18.1 Å². The minimum absolute atomic E-state index is 0.0556. The summed E-state index contributed by atoms with van der Waals surface area (Å²) in [4.78, 5) is 25.7. The van der Waals surface area contributed by atoms with Gasteiger partial charge in [-0.2, -0.15) is 0 Å². The molecular formula is C26H32FNO4. The molecule has 1 aliphatic heterocycles. The number of benzene rings is 1. The molecule has 6 aliphatic rings. The van der Waals surface area contributed by atoms with E-state index in [0.29, 0.717) is 31.2 Å². The third-order valence-electron chi connectivity index (χ3n) is 8.87. The van der Waals surface area contributed by atoms with Crippen LogP contribution >= 0.6 is 0 Å². The number of hydrogen-bond donors (Lipinski definition) is 1. The van der Waals surface area contributed by atoms with Crippen LogP contribution in [-0.4, -0.2) is 41.6 Å². The second-order valence-electron chi connectivity index (χ2n) is 11.4. The lowest BCUT2D eigenvalue weighted by Gasteiger charge is -2.56. The van der Waals surface area contributed by atoms with Crippen molar-refractivity contribution >= 4 is 11.9 Å². The molecule has 6 heteroatoms. The maximum absolute atomic E-state index is 15.1. The number of rotatable bonds is 6. The normalized spacial score (nSPS) is 35.3. The van der Waals surface area contributed by atoms with Crippen molar-refractivity contribution in [1.82, 2.24) is 4.90 Å². The SMILES string of the molecule is O=C(O)C1CCN(C(=O)c2cc(C3CC3)c(OCC34CC5CC(CC(C5)C3)C4)cc2F)C1. The van der Waals surface area contributed by atoms with Crippen molar-refractivity contribution in [3.63, 3.8) is 0 Å². The summed E-state index contributed by atoms with van der Waals surface area (Å²) >= 11 is 0. The predicted molar refractivity (Wildman–Crippen MR) is 116 cm³/mol. The summed E-state index contributed by atoms with van der Waals surface area (Å²) in [6, 6.07) is 3.12. The molecule has 1 saturated heterocycles. The Morgan fingerprint density at radius 3 is 2.28 bits per heavy atom. The van der Waals surface area contributed by atoms with Crippen LogP contribution in [0.3, 0.4) is 0 Å². The van der Waals surface area contributed by atoms with Gasteiger partial charge in [-0.3, -0.25) is 9.59 Å². The third-order valence-corrected chi connectivity index (χ3v) is 8.87. The van der Waals surface area contributed by atoms with Gasteiger partial charge < -0.3 is 14.7 Å². The molecular weight excluding hydrogens is 409 g/mol. The van der Waals surface area contributed by atoms with Crippen molar-refractivity contribution < 1.29 is 23.8 Å². The molecule has 0 spiro atoms. The van der Waals surface area contributed by atoms with Gasteiger partial charge in [0.1, 0.15) is 11.6 Å². The van der Waals surface area contributed by atoms with Gasteiger partial charge in [-0.05, 0) is 93.1 Å². The Balaban J connectivity index is 1.21. The molecule has 7 rings (SSSR count). The maximum atomic E-state index is 15.1. The molecule has 0 aromatic heterocycles. The number of aliphatic carboxylic acids is 1. The molecule has 5 nitrogen and oxygen atoms in total. The molecule has 1 heterocycles. The van der Waals surface area contributed by atoms with Crippen LogP contribution in [0.5, 0.6) is 5.75 Å². The van der Waals surface area contributed by atoms with Gasteiger partial charge >= 0.3 is 5.97 Å². The quantitative estimate of drug-likeness (QED) is 0.686. The molecule has 1 amide bonds. The van der Waals surface area contributed by atoms with E-state index < -0.39 is 23.6 Å². The summed E-state index contributed by atoms with van der Waals surface area (Å²) in [5.41, 5.74) is 1.26. The highest BCUT2D eigenvalue weighted by atomic mass is 19.1. The van der Waals surface area contributed by atoms with Gasteiger partial charge in [0.15, 0.2) is 0 Å². The molecule has 1 aromatic carbocycles. The first-order valence-corrected chi connectivity index (χ1v) is 12.4. The highest BCUT2D eigenvalue weighted by Crippen LogP contribution is 2.60. The van der Waals surface area contributed by atoms with Crippen LogP contribution in [-0.2, 0) is 4.79 Å². The maximum Gasteiger partial charge on any atom is 0.308 e. The van der Waals surface area contributed by atoms with E-state index in [1.807, 2.05) is 0 Å². The third kappa shape index (κ3) is 3.60. The van der Waals surface area contributed by atoms with E-state index in [4.69, 9.17) is 4.74 Å². The Morgan fingerprint density at radius 1 is 1.06 bits per heavy atom. The van der Waals surface area contributed by atoms with Crippen molar-refractivity contribution in [2.75, 3.05) is 19.7 Å². The molecule has 5 saturated carbocycles. The van der Waals surface area contributed by atoms with Crippen LogP contribution in [0, 0.1) is 34.9 Å². The average molecular weight is 442 g/mol. The van der Waals surface area contributed by atoms with E-state index in [-0.39, 0.29) is 17.5 Å². The van der Waals surface area contributed by atoms with Crippen molar-refractivity contribution in [2.45, 2.75) is 63.7 Å². The largest absolute Gasteiger partial charge is 0.493 e. The second-order valence-corrected chi connectivity index (χ2v) is 11.4. The monoisotopic (exact) mass is 441 g/mol. The number of ether oxygens (including phenoxy) is 1. The molecule has 1 unspecified atom stereocenters. The molecule has 172 valence electrons. The smallest absolute Gasteiger partial charge is 0.308 e. The summed E-state index contributed by atoms with van der Waals surface area (Å²) in [7, 11) is 0. The van der Waals surface area contributed by atoms with Gasteiger partial charge in [0.25, 0.3) is 5.91 Å². The summed E-state index contributed by atoms with van der Waals surface area (Å²) < 4.78 is 21.5. The van der Waals surface area contributed by atoms with Crippen LogP contribution in [0.15, 0.2) is 12.1 Å². The number of carbonyl (C=O) groups excluding carboxylic acids is 1. The molecule has 32 heavy (non-hydrogen) atoms. The van der Waals surface area contributed by atoms with Crippen LogP contribution in [0.4, 0.5) is 4.39 Å². The number of carbonyl (C=O) groups is 2. The van der Waals surface area contributed by atoms with Crippen molar-refractivity contribution in [2.24, 2.45) is 29.1 Å². The van der Waals surface area contributed by atoms with Crippen LogP contribution in [0.1, 0.15) is 79.6 Å². The Bertz CT molecular complexity index is 920. The lowest BCUT2D eigenvalue weighted by atomic mass is 9.50. The fraction of sp³-hybridized carbons (Fsp3) is 0.692. The lowest BCUT2D eigenvalue weighted by molar-refractivity contribution is -0.141. The van der Waals surface area contributed by atoms with Crippen molar-refractivity contribution in [1.29, 1.82) is 0 Å². The van der Waals surface area contributed by atoms with Crippen LogP contribution < -0.4 is 4.74 Å². The number of carboxylic acids is 1. The molecule has 0 radical (unpaired) electrons. The Morgan fingerprint density at radius 2 is 1.72 bits per heavy atom. The van der Waals surface area contributed by atoms with Crippen LogP contribution in [0.2, 0.25) is 0 Å². The second kappa shape index (κ2) is 7.46. The zero-order valence-corrected chi connectivity index (χ0v) is 18.5. The minimum Gasteiger partial charge on any atom is -0.493 e. The number of likely N-dealkylation sites (tertiary alicyclic amines) is 1. The standard InChI is InChI=1S/C26H32FNO4/c27-22-9-23(32-14-26-10-15-5-16(11-26)7-17(6-15)12-26)20(18-1-2-18)8-21(22)24(29)28-4-3-19(13-28)25(30)31/h8-9,15-19H,1-7,10-14H2,(H,30,31). The minimum atomic E-state index is -0.895. The lowest BCUT2D eigenvalue weighted by Crippen LogP contribution is -2.48. The first-order valence-electron chi connectivity index (χ1n) is 12.4. The number of nitrogens with zero attached hydrogens (tertiary/aromatic N) is 1. The summed E-state index contributed by atoms with van der Waals surface area (Å²) in [5, 5.41) is 9.22. The van der Waals surface area contributed by atoms with E-state index in [9.17, 15) is 14.7 Å². The Hall–Kier alpha value is -2.11. The van der Waals surface area contributed by atoms with Crippen LogP contribution in [0.25, 0.3) is 0 Å². The molecule has 4 bridgehead atoms. The predicted octanol–water partition coefficient (Wildman–Crippen LogP) is 4.85. The zero-order valence-electron chi connectivity index (χ0n) is 18.5. The Kier molecular flexibility index (Phi) is 4.78. The number of hydrogen-bond acceptors (Lipinski definition) is 3. The topological polar surface area (TPSA) is 66.8 Å². The fourth-order valence-electron chi connectivity index (χ4n) is 7.59. The number of halogens is 1. The van der Waals surface area contributed by atoms with Gasteiger partial charge in [-0.15, -0.1) is 0 Å². The van der Waals surface area contributed by atoms with E-state index in [1.54, 1.807) is 6.07 Å². The first-order chi connectivity index (χ1) is 15.4. The van der Waals surface area contributed by atoms with Gasteiger partial charge in [-0.25, -0.2) is 4.39 Å². The van der Waals surface area contributed by atoms with E-state index in [2.05, 4.69) is 0 Å². The Labute approximate surface area is 188 Å². The molecule has 1 aromatic rings. The van der Waals surface area contributed by atoms with E-state index in [1.165, 1.54) is 49.5 Å². The zero-order chi connectivity index (χ0) is 22.0. The van der Waals surface area contributed by atoms with Gasteiger partial charge in [0.2, 0.25) is 0 Å². The van der Waals surface area contributed by atoms with Gasteiger partial charge in [0, 0.05) is 24.6 Å². The first kappa shape index (κ1) is 20.5.